The van der Waals surface area contributed by atoms with Crippen molar-refractivity contribution in [2.24, 2.45) is 0 Å². The highest BCUT2D eigenvalue weighted by Crippen LogP contribution is 2.37. The van der Waals surface area contributed by atoms with E-state index < -0.39 is 6.10 Å². The molecule has 0 fully saturated rings. The van der Waals surface area contributed by atoms with E-state index in [0.717, 1.165) is 22.9 Å². The summed E-state index contributed by atoms with van der Waals surface area (Å²) in [5, 5.41) is 11.4. The van der Waals surface area contributed by atoms with E-state index in [2.05, 4.69) is 46.3 Å². The summed E-state index contributed by atoms with van der Waals surface area (Å²) in [6, 6.07) is 16.6. The summed E-state index contributed by atoms with van der Waals surface area (Å²) in [6.45, 7) is 0. The lowest BCUT2D eigenvalue weighted by molar-refractivity contribution is 0.179. The number of benzene rings is 2. The van der Waals surface area contributed by atoms with E-state index in [9.17, 15) is 5.11 Å². The van der Waals surface area contributed by atoms with E-state index in [1.54, 1.807) is 0 Å². The monoisotopic (exact) mass is 328 g/mol. The van der Waals surface area contributed by atoms with Gasteiger partial charge in [-0.05, 0) is 34.2 Å². The summed E-state index contributed by atoms with van der Waals surface area (Å²) < 4.78 is 0. The lowest BCUT2D eigenvalue weighted by Gasteiger charge is -2.12. The maximum absolute atomic E-state index is 10.5. The van der Waals surface area contributed by atoms with Gasteiger partial charge in [-0.3, -0.25) is 0 Å². The molecule has 0 radical (unpaired) electrons. The third-order valence-corrected chi connectivity index (χ3v) is 4.25. The molecule has 0 aliphatic heterocycles. The van der Waals surface area contributed by atoms with Crippen LogP contribution >= 0.6 is 15.9 Å². The van der Waals surface area contributed by atoms with Crippen molar-refractivity contribution in [1.29, 1.82) is 0 Å². The van der Waals surface area contributed by atoms with Crippen molar-refractivity contribution in [3.63, 3.8) is 0 Å². The van der Waals surface area contributed by atoms with Crippen LogP contribution in [0.2, 0.25) is 0 Å². The van der Waals surface area contributed by atoms with E-state index in [-0.39, 0.29) is 0 Å². The number of hydrogen-bond donors (Lipinski definition) is 1. The molecule has 0 spiro atoms. The highest BCUT2D eigenvalue weighted by Gasteiger charge is 2.22. The Labute approximate surface area is 128 Å². The molecule has 0 aromatic heterocycles. The maximum atomic E-state index is 10.5. The second kappa shape index (κ2) is 5.94. The number of allylic oxidation sites excluding steroid dienone is 1. The number of rotatable bonds is 2. The number of fused-ring (bicyclic) bond motifs is 2. The second-order valence-corrected chi connectivity index (χ2v) is 5.85. The van der Waals surface area contributed by atoms with Crippen molar-refractivity contribution >= 4 is 21.5 Å². The fourth-order valence-corrected chi connectivity index (χ4v) is 3.10. The topological polar surface area (TPSA) is 20.2 Å². The summed E-state index contributed by atoms with van der Waals surface area (Å²) in [5.74, 6) is 0. The van der Waals surface area contributed by atoms with Crippen LogP contribution in [0.25, 0.3) is 5.57 Å². The zero-order valence-corrected chi connectivity index (χ0v) is 12.8. The molecular weight excluding hydrogens is 312 g/mol. The molecule has 0 bridgehead atoms. The van der Waals surface area contributed by atoms with Crippen molar-refractivity contribution in [3.8, 4) is 0 Å². The van der Waals surface area contributed by atoms with Gasteiger partial charge in [0.2, 0.25) is 0 Å². The molecule has 102 valence electrons. The molecular formula is C18H17BrO. The van der Waals surface area contributed by atoms with Gasteiger partial charge in [0, 0.05) is 11.8 Å². The molecule has 1 nitrogen and oxygen atoms in total. The van der Waals surface area contributed by atoms with E-state index in [0.29, 0.717) is 6.42 Å². The number of aliphatic hydroxyl groups excluding tert-OH is 1. The first kappa shape index (κ1) is 13.6. The quantitative estimate of drug-likeness (QED) is 0.805. The highest BCUT2D eigenvalue weighted by molar-refractivity contribution is 9.09. The summed E-state index contributed by atoms with van der Waals surface area (Å²) in [4.78, 5) is 0. The van der Waals surface area contributed by atoms with Crippen LogP contribution in [0.4, 0.5) is 0 Å². The average Bonchev–Trinajstić information content (AvgIpc) is 2.60. The SMILES string of the molecule is OC1Cc2ccccc2C(=CCCBr)c2ccccc21. The third kappa shape index (κ3) is 2.46. The molecule has 0 saturated carbocycles. The minimum atomic E-state index is -0.428. The fourth-order valence-electron chi connectivity index (χ4n) is 2.88. The normalized spacial score (nSPS) is 19.3. The Morgan fingerprint density at radius 2 is 1.75 bits per heavy atom. The molecule has 1 N–H and O–H groups in total. The Morgan fingerprint density at radius 1 is 1.05 bits per heavy atom. The molecule has 1 aliphatic rings. The van der Waals surface area contributed by atoms with Gasteiger partial charge >= 0.3 is 0 Å². The summed E-state index contributed by atoms with van der Waals surface area (Å²) in [6.07, 6.45) is 3.50. The third-order valence-electron chi connectivity index (χ3n) is 3.79. The van der Waals surface area contributed by atoms with Crippen LogP contribution in [-0.4, -0.2) is 10.4 Å². The minimum absolute atomic E-state index is 0.428. The Kier molecular flexibility index (Phi) is 4.04. The van der Waals surface area contributed by atoms with E-state index in [1.165, 1.54) is 16.7 Å². The summed E-state index contributed by atoms with van der Waals surface area (Å²) in [5.41, 5.74) is 5.90. The van der Waals surface area contributed by atoms with Crippen LogP contribution in [0.1, 0.15) is 34.8 Å². The predicted octanol–water partition coefficient (Wildman–Crippen LogP) is 4.49. The standard InChI is InChI=1S/C18H17BrO/c19-11-5-10-15-14-7-2-1-6-13(14)12-18(20)17-9-4-3-8-16(15)17/h1-4,6-10,18,20H,5,11-12H2. The van der Waals surface area contributed by atoms with Crippen molar-refractivity contribution in [3.05, 3.63) is 76.9 Å². The highest BCUT2D eigenvalue weighted by atomic mass is 79.9. The lowest BCUT2D eigenvalue weighted by atomic mass is 9.93. The fraction of sp³-hybridized carbons (Fsp3) is 0.222. The van der Waals surface area contributed by atoms with E-state index in [4.69, 9.17) is 0 Å². The summed E-state index contributed by atoms with van der Waals surface area (Å²) >= 11 is 3.49. The van der Waals surface area contributed by atoms with Gasteiger partial charge in [-0.1, -0.05) is 70.5 Å². The van der Waals surface area contributed by atoms with Gasteiger partial charge in [-0.15, -0.1) is 0 Å². The first-order valence-electron chi connectivity index (χ1n) is 6.93. The number of aliphatic hydroxyl groups is 1. The molecule has 0 amide bonds. The van der Waals surface area contributed by atoms with Crippen LogP contribution in [0.15, 0.2) is 54.6 Å². The van der Waals surface area contributed by atoms with E-state index in [1.807, 2.05) is 24.3 Å². The molecule has 2 aromatic carbocycles. The molecule has 3 rings (SSSR count). The molecule has 2 aromatic rings. The predicted molar refractivity (Wildman–Crippen MR) is 87.0 cm³/mol. The molecule has 1 unspecified atom stereocenters. The zero-order chi connectivity index (χ0) is 13.9. The average molecular weight is 329 g/mol. The first-order valence-corrected chi connectivity index (χ1v) is 8.05. The van der Waals surface area contributed by atoms with Gasteiger partial charge in [-0.2, -0.15) is 0 Å². The van der Waals surface area contributed by atoms with Gasteiger partial charge in [-0.25, -0.2) is 0 Å². The molecule has 1 aliphatic carbocycles. The van der Waals surface area contributed by atoms with Gasteiger partial charge in [0.05, 0.1) is 6.10 Å². The van der Waals surface area contributed by atoms with Crippen molar-refractivity contribution in [2.45, 2.75) is 18.9 Å². The van der Waals surface area contributed by atoms with Crippen molar-refractivity contribution in [2.75, 3.05) is 5.33 Å². The second-order valence-electron chi connectivity index (χ2n) is 5.06. The zero-order valence-electron chi connectivity index (χ0n) is 11.2. The van der Waals surface area contributed by atoms with Crippen LogP contribution in [0, 0.1) is 0 Å². The number of alkyl halides is 1. The van der Waals surface area contributed by atoms with Crippen LogP contribution in [0.3, 0.4) is 0 Å². The largest absolute Gasteiger partial charge is 0.388 e. The van der Waals surface area contributed by atoms with Gasteiger partial charge in [0.15, 0.2) is 0 Å². The van der Waals surface area contributed by atoms with Gasteiger partial charge in [0.1, 0.15) is 0 Å². The number of hydrogen-bond acceptors (Lipinski definition) is 1. The molecule has 1 atom stereocenters. The van der Waals surface area contributed by atoms with Crippen LogP contribution < -0.4 is 0 Å². The smallest absolute Gasteiger partial charge is 0.0836 e. The lowest BCUT2D eigenvalue weighted by Crippen LogP contribution is -2.01. The van der Waals surface area contributed by atoms with Gasteiger partial charge in [0.25, 0.3) is 0 Å². The van der Waals surface area contributed by atoms with Gasteiger partial charge < -0.3 is 5.11 Å². The Bertz CT molecular complexity index is 645. The summed E-state index contributed by atoms with van der Waals surface area (Å²) in [7, 11) is 0. The maximum Gasteiger partial charge on any atom is 0.0836 e. The minimum Gasteiger partial charge on any atom is -0.388 e. The Morgan fingerprint density at radius 3 is 2.55 bits per heavy atom. The van der Waals surface area contributed by atoms with Crippen LogP contribution in [0.5, 0.6) is 0 Å². The van der Waals surface area contributed by atoms with Crippen LogP contribution in [-0.2, 0) is 6.42 Å². The molecule has 20 heavy (non-hydrogen) atoms. The number of halogens is 1. The van der Waals surface area contributed by atoms with E-state index >= 15 is 0 Å². The molecule has 2 heteroatoms. The van der Waals surface area contributed by atoms with Crippen molar-refractivity contribution < 1.29 is 5.11 Å². The molecule has 0 saturated heterocycles. The Hall–Kier alpha value is -1.38. The first-order chi connectivity index (χ1) is 9.81. The Balaban J connectivity index is 2.24. The molecule has 0 heterocycles. The van der Waals surface area contributed by atoms with Crippen molar-refractivity contribution in [1.82, 2.24) is 0 Å².